The smallest absolute Gasteiger partial charge is 0.263 e. The van der Waals surface area contributed by atoms with E-state index in [1.807, 2.05) is 24.3 Å². The maximum Gasteiger partial charge on any atom is 0.263 e. The summed E-state index contributed by atoms with van der Waals surface area (Å²) in [6.07, 6.45) is 0. The summed E-state index contributed by atoms with van der Waals surface area (Å²) < 4.78 is 26.8. The highest BCUT2D eigenvalue weighted by Crippen LogP contribution is 2.30. The topological polar surface area (TPSA) is 66.1 Å². The fourth-order valence-corrected chi connectivity index (χ4v) is 4.36. The lowest BCUT2D eigenvalue weighted by Crippen LogP contribution is -2.26. The highest BCUT2D eigenvalue weighted by atomic mass is 35.5. The summed E-state index contributed by atoms with van der Waals surface area (Å²) in [6, 6.07) is 7.72. The first-order valence-electron chi connectivity index (χ1n) is 6.20. The maximum atomic E-state index is 12.7. The van der Waals surface area contributed by atoms with Crippen LogP contribution in [0.4, 0.5) is 0 Å². The van der Waals surface area contributed by atoms with Crippen LogP contribution in [0.15, 0.2) is 29.3 Å². The molecule has 0 atom stereocenters. The molecule has 0 radical (unpaired) electrons. The van der Waals surface area contributed by atoms with Gasteiger partial charge in [0.15, 0.2) is 5.03 Å². The van der Waals surface area contributed by atoms with E-state index in [4.69, 9.17) is 11.6 Å². The van der Waals surface area contributed by atoms with Crippen LogP contribution in [0.5, 0.6) is 0 Å². The Morgan fingerprint density at radius 3 is 2.45 bits per heavy atom. The number of H-pyrrole nitrogens is 1. The van der Waals surface area contributed by atoms with Gasteiger partial charge in [-0.1, -0.05) is 24.3 Å². The fourth-order valence-electron chi connectivity index (χ4n) is 2.39. The molecule has 5 nitrogen and oxygen atoms in total. The van der Waals surface area contributed by atoms with E-state index >= 15 is 0 Å². The SMILES string of the molecule is Cc1[nH]nc(S(=O)(=O)N2Cc3ccccc3C2)c1CCl. The van der Waals surface area contributed by atoms with Gasteiger partial charge < -0.3 is 0 Å². The molecule has 0 saturated carbocycles. The molecule has 106 valence electrons. The molecule has 0 saturated heterocycles. The van der Waals surface area contributed by atoms with Gasteiger partial charge in [0.1, 0.15) is 0 Å². The standard InChI is InChI=1S/C13H14ClN3O2S/c1-9-12(6-14)13(16-15-9)20(18,19)17-7-10-4-2-3-5-11(10)8-17/h2-5H,6-8H2,1H3,(H,15,16). The highest BCUT2D eigenvalue weighted by Gasteiger charge is 2.34. The quantitative estimate of drug-likeness (QED) is 0.883. The average molecular weight is 312 g/mol. The van der Waals surface area contributed by atoms with Crippen molar-refractivity contribution in [3.63, 3.8) is 0 Å². The number of nitrogens with zero attached hydrogens (tertiary/aromatic N) is 2. The Morgan fingerprint density at radius 1 is 1.30 bits per heavy atom. The van der Waals surface area contributed by atoms with E-state index in [-0.39, 0.29) is 10.9 Å². The third kappa shape index (κ3) is 2.04. The van der Waals surface area contributed by atoms with Gasteiger partial charge in [-0.3, -0.25) is 5.10 Å². The molecule has 0 bridgehead atoms. The summed E-state index contributed by atoms with van der Waals surface area (Å²) in [5.74, 6) is 0.123. The number of halogens is 1. The van der Waals surface area contributed by atoms with Gasteiger partial charge in [-0.25, -0.2) is 8.42 Å². The molecule has 0 unspecified atom stereocenters. The summed E-state index contributed by atoms with van der Waals surface area (Å²) in [5, 5.41) is 6.66. The largest absolute Gasteiger partial charge is 0.281 e. The van der Waals surface area contributed by atoms with E-state index in [2.05, 4.69) is 10.2 Å². The van der Waals surface area contributed by atoms with Gasteiger partial charge in [-0.2, -0.15) is 9.40 Å². The zero-order valence-electron chi connectivity index (χ0n) is 10.9. The summed E-state index contributed by atoms with van der Waals surface area (Å²) in [7, 11) is -3.62. The predicted octanol–water partition coefficient (Wildman–Crippen LogP) is 2.16. The van der Waals surface area contributed by atoms with Crippen molar-refractivity contribution in [2.75, 3.05) is 0 Å². The summed E-state index contributed by atoms with van der Waals surface area (Å²) in [4.78, 5) is 0. The number of alkyl halides is 1. The number of fused-ring (bicyclic) bond motifs is 1. The molecule has 1 aromatic carbocycles. The third-order valence-electron chi connectivity index (χ3n) is 3.57. The van der Waals surface area contributed by atoms with Crippen LogP contribution >= 0.6 is 11.6 Å². The molecular weight excluding hydrogens is 298 g/mol. The van der Waals surface area contributed by atoms with Crippen LogP contribution in [0.2, 0.25) is 0 Å². The molecule has 0 amide bonds. The molecule has 1 aliphatic rings. The zero-order valence-corrected chi connectivity index (χ0v) is 12.5. The lowest BCUT2D eigenvalue weighted by molar-refractivity contribution is 0.428. The third-order valence-corrected chi connectivity index (χ3v) is 5.60. The van der Waals surface area contributed by atoms with Crippen LogP contribution in [0.25, 0.3) is 0 Å². The van der Waals surface area contributed by atoms with Gasteiger partial charge in [0, 0.05) is 24.3 Å². The Kier molecular flexibility index (Phi) is 3.32. The van der Waals surface area contributed by atoms with Gasteiger partial charge in [-0.05, 0) is 18.1 Å². The van der Waals surface area contributed by atoms with Gasteiger partial charge >= 0.3 is 0 Å². The minimum absolute atomic E-state index is 0.0396. The highest BCUT2D eigenvalue weighted by molar-refractivity contribution is 7.89. The summed E-state index contributed by atoms with van der Waals surface area (Å²) >= 11 is 5.84. The number of hydrogen-bond donors (Lipinski definition) is 1. The Hall–Kier alpha value is -1.37. The average Bonchev–Trinajstić information content (AvgIpc) is 3.02. The molecule has 3 rings (SSSR count). The molecule has 20 heavy (non-hydrogen) atoms. The van der Waals surface area contributed by atoms with E-state index in [0.717, 1.165) is 11.1 Å². The molecule has 1 aromatic heterocycles. The molecule has 0 aliphatic carbocycles. The number of aromatic amines is 1. The molecule has 7 heteroatoms. The number of aromatic nitrogens is 2. The lowest BCUT2D eigenvalue weighted by atomic mass is 10.1. The van der Waals surface area contributed by atoms with Gasteiger partial charge in [0.25, 0.3) is 10.0 Å². The van der Waals surface area contributed by atoms with Gasteiger partial charge in [0.05, 0.1) is 5.88 Å². The fraction of sp³-hybridized carbons (Fsp3) is 0.308. The second-order valence-electron chi connectivity index (χ2n) is 4.81. The van der Waals surface area contributed by atoms with Gasteiger partial charge in [0.2, 0.25) is 0 Å². The van der Waals surface area contributed by atoms with Crippen molar-refractivity contribution in [1.29, 1.82) is 0 Å². The number of hydrogen-bond acceptors (Lipinski definition) is 3. The van der Waals surface area contributed by atoms with Gasteiger partial charge in [-0.15, -0.1) is 11.6 Å². The normalized spacial score (nSPS) is 15.5. The lowest BCUT2D eigenvalue weighted by Gasteiger charge is -2.14. The van der Waals surface area contributed by atoms with Crippen LogP contribution < -0.4 is 0 Å². The Bertz CT molecular complexity index is 730. The van der Waals surface area contributed by atoms with Crippen LogP contribution in [0.1, 0.15) is 22.4 Å². The number of benzene rings is 1. The second kappa shape index (κ2) is 4.87. The Balaban J connectivity index is 1.99. The summed E-state index contributed by atoms with van der Waals surface area (Å²) in [5.41, 5.74) is 3.31. The second-order valence-corrected chi connectivity index (χ2v) is 6.93. The van der Waals surface area contributed by atoms with Crippen molar-refractivity contribution in [3.8, 4) is 0 Å². The monoisotopic (exact) mass is 311 g/mol. The molecule has 1 aliphatic heterocycles. The number of aryl methyl sites for hydroxylation is 1. The van der Waals surface area contributed by atoms with Crippen molar-refractivity contribution in [2.45, 2.75) is 30.9 Å². The number of sulfonamides is 1. The van der Waals surface area contributed by atoms with E-state index in [9.17, 15) is 8.42 Å². The summed E-state index contributed by atoms with van der Waals surface area (Å²) in [6.45, 7) is 2.53. The van der Waals surface area contributed by atoms with Crippen LogP contribution in [-0.2, 0) is 29.0 Å². The van der Waals surface area contributed by atoms with Crippen LogP contribution in [-0.4, -0.2) is 22.9 Å². The maximum absolute atomic E-state index is 12.7. The molecular formula is C13H14ClN3O2S. The first kappa shape index (κ1) is 13.6. The molecule has 0 spiro atoms. The Morgan fingerprint density at radius 2 is 1.90 bits per heavy atom. The van der Waals surface area contributed by atoms with E-state index in [1.54, 1.807) is 6.92 Å². The first-order valence-corrected chi connectivity index (χ1v) is 8.18. The van der Waals surface area contributed by atoms with E-state index < -0.39 is 10.0 Å². The van der Waals surface area contributed by atoms with Crippen molar-refractivity contribution in [1.82, 2.24) is 14.5 Å². The van der Waals surface area contributed by atoms with Crippen molar-refractivity contribution in [3.05, 3.63) is 46.6 Å². The van der Waals surface area contributed by atoms with Crippen molar-refractivity contribution < 1.29 is 8.42 Å². The van der Waals surface area contributed by atoms with E-state index in [0.29, 0.717) is 24.3 Å². The van der Waals surface area contributed by atoms with E-state index in [1.165, 1.54) is 4.31 Å². The number of rotatable bonds is 3. The van der Waals surface area contributed by atoms with Crippen LogP contribution in [0, 0.1) is 6.92 Å². The molecule has 2 aromatic rings. The number of nitrogens with one attached hydrogen (secondary N) is 1. The Labute approximate surface area is 122 Å². The van der Waals surface area contributed by atoms with Crippen molar-refractivity contribution in [2.24, 2.45) is 0 Å². The zero-order chi connectivity index (χ0) is 14.3. The first-order chi connectivity index (χ1) is 9.54. The minimum Gasteiger partial charge on any atom is -0.281 e. The molecule has 2 heterocycles. The van der Waals surface area contributed by atoms with Crippen LogP contribution in [0.3, 0.4) is 0 Å². The molecule has 0 fully saturated rings. The minimum atomic E-state index is -3.62. The molecule has 1 N–H and O–H groups in total. The predicted molar refractivity (Wildman–Crippen MR) is 75.8 cm³/mol. The van der Waals surface area contributed by atoms with Crippen molar-refractivity contribution >= 4 is 21.6 Å².